The van der Waals surface area contributed by atoms with Gasteiger partial charge in [-0.3, -0.25) is 4.79 Å². The van der Waals surface area contributed by atoms with Crippen LogP contribution in [0.4, 0.5) is 0 Å². The maximum atomic E-state index is 11.1. The average molecular weight is 258 g/mol. The van der Waals surface area contributed by atoms with Gasteiger partial charge in [0.1, 0.15) is 0 Å². The van der Waals surface area contributed by atoms with Gasteiger partial charge in [0.15, 0.2) is 0 Å². The van der Waals surface area contributed by atoms with E-state index in [1.54, 1.807) is 0 Å². The van der Waals surface area contributed by atoms with Crippen molar-refractivity contribution >= 4 is 5.97 Å². The lowest BCUT2D eigenvalue weighted by molar-refractivity contribution is -0.143. The third-order valence-electron chi connectivity index (χ3n) is 3.06. The highest BCUT2D eigenvalue weighted by molar-refractivity contribution is 5.69. The van der Waals surface area contributed by atoms with E-state index in [-0.39, 0.29) is 5.97 Å². The zero-order valence-corrected chi connectivity index (χ0v) is 12.4. The number of carbonyl (C=O) groups excluding carboxylic acids is 1. The number of ether oxygens (including phenoxy) is 2. The number of unbranched alkanes of at least 4 members (excludes halogenated alkanes) is 5. The summed E-state index contributed by atoms with van der Waals surface area (Å²) in [7, 11) is 0. The average Bonchev–Trinajstić information content (AvgIpc) is 2.36. The Labute approximate surface area is 112 Å². The Hall–Kier alpha value is -0.570. The second-order valence-electron chi connectivity index (χ2n) is 4.77. The van der Waals surface area contributed by atoms with E-state index in [0.29, 0.717) is 19.1 Å². The van der Waals surface area contributed by atoms with Crippen LogP contribution in [0.15, 0.2) is 0 Å². The van der Waals surface area contributed by atoms with Crippen LogP contribution in [0.3, 0.4) is 0 Å². The summed E-state index contributed by atoms with van der Waals surface area (Å²) in [5, 5.41) is 0. The standard InChI is InChI=1S/C15H30O3/c1-4-14(3)18-13-11-9-7-6-8-10-12-15(16)17-5-2/h14H,4-13H2,1-3H3. The van der Waals surface area contributed by atoms with E-state index in [1.165, 1.54) is 19.3 Å². The molecule has 0 aromatic rings. The third-order valence-corrected chi connectivity index (χ3v) is 3.06. The van der Waals surface area contributed by atoms with Gasteiger partial charge in [-0.25, -0.2) is 0 Å². The van der Waals surface area contributed by atoms with Crippen molar-refractivity contribution in [2.75, 3.05) is 13.2 Å². The van der Waals surface area contributed by atoms with Crippen molar-refractivity contribution in [3.05, 3.63) is 0 Å². The fourth-order valence-corrected chi connectivity index (χ4v) is 1.71. The molecule has 1 unspecified atom stereocenters. The Morgan fingerprint density at radius 3 is 2.22 bits per heavy atom. The second kappa shape index (κ2) is 12.9. The van der Waals surface area contributed by atoms with Crippen LogP contribution in [0.2, 0.25) is 0 Å². The zero-order chi connectivity index (χ0) is 13.6. The Morgan fingerprint density at radius 1 is 1.00 bits per heavy atom. The highest BCUT2D eigenvalue weighted by Gasteiger charge is 2.01. The molecule has 0 saturated carbocycles. The highest BCUT2D eigenvalue weighted by atomic mass is 16.5. The first-order valence-corrected chi connectivity index (χ1v) is 7.47. The number of carbonyl (C=O) groups is 1. The van der Waals surface area contributed by atoms with E-state index < -0.39 is 0 Å². The molecule has 0 spiro atoms. The lowest BCUT2D eigenvalue weighted by Gasteiger charge is -2.09. The van der Waals surface area contributed by atoms with Gasteiger partial charge in [-0.15, -0.1) is 0 Å². The zero-order valence-electron chi connectivity index (χ0n) is 12.4. The molecule has 18 heavy (non-hydrogen) atoms. The van der Waals surface area contributed by atoms with E-state index in [9.17, 15) is 4.79 Å². The first kappa shape index (κ1) is 17.4. The molecular weight excluding hydrogens is 228 g/mol. The van der Waals surface area contributed by atoms with Gasteiger partial charge >= 0.3 is 5.97 Å². The Morgan fingerprint density at radius 2 is 1.61 bits per heavy atom. The summed E-state index contributed by atoms with van der Waals surface area (Å²) in [5.41, 5.74) is 0. The largest absolute Gasteiger partial charge is 0.466 e. The van der Waals surface area contributed by atoms with Crippen molar-refractivity contribution in [1.29, 1.82) is 0 Å². The smallest absolute Gasteiger partial charge is 0.305 e. The van der Waals surface area contributed by atoms with Crippen LogP contribution >= 0.6 is 0 Å². The molecule has 0 amide bonds. The topological polar surface area (TPSA) is 35.5 Å². The molecule has 0 N–H and O–H groups in total. The summed E-state index contributed by atoms with van der Waals surface area (Å²) in [6.45, 7) is 7.50. The summed E-state index contributed by atoms with van der Waals surface area (Å²) in [5.74, 6) is -0.0561. The van der Waals surface area contributed by atoms with Crippen molar-refractivity contribution in [3.8, 4) is 0 Å². The molecule has 108 valence electrons. The van der Waals surface area contributed by atoms with Crippen molar-refractivity contribution in [3.63, 3.8) is 0 Å². The number of rotatable bonds is 12. The number of hydrogen-bond acceptors (Lipinski definition) is 3. The van der Waals surface area contributed by atoms with Crippen LogP contribution in [-0.4, -0.2) is 25.3 Å². The quantitative estimate of drug-likeness (QED) is 0.390. The van der Waals surface area contributed by atoms with Gasteiger partial charge in [-0.1, -0.05) is 32.6 Å². The van der Waals surface area contributed by atoms with E-state index in [4.69, 9.17) is 9.47 Å². The molecule has 1 atom stereocenters. The molecular formula is C15H30O3. The van der Waals surface area contributed by atoms with Gasteiger partial charge < -0.3 is 9.47 Å². The van der Waals surface area contributed by atoms with Gasteiger partial charge in [0.05, 0.1) is 12.7 Å². The molecule has 0 saturated heterocycles. The molecule has 0 aromatic carbocycles. The van der Waals surface area contributed by atoms with Crippen LogP contribution in [0.25, 0.3) is 0 Å². The van der Waals surface area contributed by atoms with Gasteiger partial charge in [-0.2, -0.15) is 0 Å². The minimum absolute atomic E-state index is 0.0561. The van der Waals surface area contributed by atoms with Crippen molar-refractivity contribution in [2.24, 2.45) is 0 Å². The number of esters is 1. The SMILES string of the molecule is CCOC(=O)CCCCCCCCOC(C)CC. The summed E-state index contributed by atoms with van der Waals surface area (Å²) < 4.78 is 10.5. The first-order chi connectivity index (χ1) is 8.70. The molecule has 0 bridgehead atoms. The van der Waals surface area contributed by atoms with Crippen LogP contribution in [0.1, 0.15) is 72.1 Å². The van der Waals surface area contributed by atoms with Gasteiger partial charge in [0, 0.05) is 13.0 Å². The summed E-state index contributed by atoms with van der Waals surface area (Å²) in [6.07, 6.45) is 8.99. The molecule has 0 fully saturated rings. The van der Waals surface area contributed by atoms with Gasteiger partial charge in [-0.05, 0) is 33.1 Å². The molecule has 3 nitrogen and oxygen atoms in total. The van der Waals surface area contributed by atoms with Crippen molar-refractivity contribution in [2.45, 2.75) is 78.2 Å². The fraction of sp³-hybridized carbons (Fsp3) is 0.933. The lowest BCUT2D eigenvalue weighted by Crippen LogP contribution is -2.07. The number of hydrogen-bond donors (Lipinski definition) is 0. The minimum Gasteiger partial charge on any atom is -0.466 e. The molecule has 0 aromatic heterocycles. The predicted octanol–water partition coefficient (Wildman–Crippen LogP) is 4.10. The molecule has 0 aliphatic rings. The summed E-state index contributed by atoms with van der Waals surface area (Å²) in [6, 6.07) is 0. The van der Waals surface area contributed by atoms with E-state index in [2.05, 4.69) is 13.8 Å². The molecule has 3 heteroatoms. The van der Waals surface area contributed by atoms with Gasteiger partial charge in [0.2, 0.25) is 0 Å². The van der Waals surface area contributed by atoms with E-state index in [0.717, 1.165) is 32.3 Å². The molecule has 0 radical (unpaired) electrons. The van der Waals surface area contributed by atoms with Crippen LogP contribution in [0, 0.1) is 0 Å². The summed E-state index contributed by atoms with van der Waals surface area (Å²) >= 11 is 0. The van der Waals surface area contributed by atoms with Gasteiger partial charge in [0.25, 0.3) is 0 Å². The molecule has 0 aliphatic heterocycles. The molecule has 0 rings (SSSR count). The third kappa shape index (κ3) is 11.9. The minimum atomic E-state index is -0.0561. The van der Waals surface area contributed by atoms with Crippen molar-refractivity contribution in [1.82, 2.24) is 0 Å². The fourth-order valence-electron chi connectivity index (χ4n) is 1.71. The van der Waals surface area contributed by atoms with E-state index >= 15 is 0 Å². The normalized spacial score (nSPS) is 12.4. The molecule has 0 aliphatic carbocycles. The lowest BCUT2D eigenvalue weighted by atomic mass is 10.1. The predicted molar refractivity (Wildman–Crippen MR) is 74.7 cm³/mol. The van der Waals surface area contributed by atoms with E-state index in [1.807, 2.05) is 6.92 Å². The summed E-state index contributed by atoms with van der Waals surface area (Å²) in [4.78, 5) is 11.1. The Bertz CT molecular complexity index is 192. The van der Waals surface area contributed by atoms with Crippen LogP contribution in [-0.2, 0) is 14.3 Å². The Kier molecular flexibility index (Phi) is 12.5. The van der Waals surface area contributed by atoms with Crippen LogP contribution in [0.5, 0.6) is 0 Å². The van der Waals surface area contributed by atoms with Crippen LogP contribution < -0.4 is 0 Å². The maximum absolute atomic E-state index is 11.1. The monoisotopic (exact) mass is 258 g/mol. The first-order valence-electron chi connectivity index (χ1n) is 7.47. The second-order valence-corrected chi connectivity index (χ2v) is 4.77. The highest BCUT2D eigenvalue weighted by Crippen LogP contribution is 2.08. The van der Waals surface area contributed by atoms with Crippen molar-refractivity contribution < 1.29 is 14.3 Å². The maximum Gasteiger partial charge on any atom is 0.305 e. The Balaban J connectivity index is 3.10. The molecule has 0 heterocycles.